The topological polar surface area (TPSA) is 68.3 Å². The van der Waals surface area contributed by atoms with E-state index >= 15 is 0 Å². The average Bonchev–Trinajstić information content (AvgIpc) is 2.64. The number of pyridine rings is 1. The molecule has 0 aliphatic rings. The number of carbonyl (C=O) groups is 2. The van der Waals surface area contributed by atoms with Crippen LogP contribution >= 0.6 is 11.6 Å². The molecule has 6 heteroatoms. The Bertz CT molecular complexity index is 982. The lowest BCUT2D eigenvalue weighted by Gasteiger charge is -2.15. The van der Waals surface area contributed by atoms with E-state index < -0.39 is 18.0 Å². The van der Waals surface area contributed by atoms with E-state index in [4.69, 9.17) is 16.3 Å². The summed E-state index contributed by atoms with van der Waals surface area (Å²) >= 11 is 6.05. The van der Waals surface area contributed by atoms with Gasteiger partial charge in [0, 0.05) is 22.3 Å². The first-order chi connectivity index (χ1) is 12.5. The van der Waals surface area contributed by atoms with E-state index in [9.17, 15) is 9.59 Å². The van der Waals surface area contributed by atoms with Crippen molar-refractivity contribution in [2.24, 2.45) is 0 Å². The van der Waals surface area contributed by atoms with Crippen molar-refractivity contribution >= 4 is 40.1 Å². The zero-order valence-electron chi connectivity index (χ0n) is 14.3. The molecule has 0 aliphatic carbocycles. The number of anilines is 1. The van der Waals surface area contributed by atoms with E-state index in [-0.39, 0.29) is 0 Å². The van der Waals surface area contributed by atoms with Crippen molar-refractivity contribution in [1.29, 1.82) is 0 Å². The molecular weight excluding hydrogens is 352 g/mol. The highest BCUT2D eigenvalue weighted by atomic mass is 35.5. The molecule has 26 heavy (non-hydrogen) atoms. The zero-order valence-corrected chi connectivity index (χ0v) is 15.1. The highest BCUT2D eigenvalue weighted by molar-refractivity contribution is 6.31. The largest absolute Gasteiger partial charge is 0.449 e. The van der Waals surface area contributed by atoms with Gasteiger partial charge in [0.25, 0.3) is 5.91 Å². The number of hydrogen-bond donors (Lipinski definition) is 1. The molecule has 1 amide bonds. The lowest BCUT2D eigenvalue weighted by atomic mass is 10.1. The summed E-state index contributed by atoms with van der Waals surface area (Å²) in [6.45, 7) is 3.32. The number of hydrogen-bond acceptors (Lipinski definition) is 4. The first kappa shape index (κ1) is 17.9. The van der Waals surface area contributed by atoms with Gasteiger partial charge < -0.3 is 10.1 Å². The monoisotopic (exact) mass is 368 g/mol. The highest BCUT2D eigenvalue weighted by Crippen LogP contribution is 2.23. The van der Waals surface area contributed by atoms with Crippen LogP contribution in [0.5, 0.6) is 0 Å². The Kier molecular flexibility index (Phi) is 5.19. The molecule has 0 saturated heterocycles. The molecule has 1 atom stereocenters. The van der Waals surface area contributed by atoms with Crippen LogP contribution in [0.2, 0.25) is 5.02 Å². The summed E-state index contributed by atoms with van der Waals surface area (Å²) in [7, 11) is 0. The molecule has 0 aliphatic heterocycles. The van der Waals surface area contributed by atoms with Gasteiger partial charge in [-0.1, -0.05) is 35.9 Å². The molecule has 3 aromatic rings. The molecule has 2 aromatic carbocycles. The minimum atomic E-state index is -0.972. The molecule has 0 radical (unpaired) electrons. The molecule has 1 aromatic heterocycles. The van der Waals surface area contributed by atoms with Crippen LogP contribution in [0.15, 0.2) is 54.7 Å². The average molecular weight is 369 g/mol. The fourth-order valence-electron chi connectivity index (χ4n) is 2.52. The lowest BCUT2D eigenvalue weighted by Crippen LogP contribution is -2.30. The maximum Gasteiger partial charge on any atom is 0.341 e. The maximum absolute atomic E-state index is 12.5. The van der Waals surface area contributed by atoms with Gasteiger partial charge in [0.05, 0.1) is 11.1 Å². The SMILES string of the molecule is Cc1c(Cl)cccc1NC(=O)[C@@H](C)OC(=O)c1cccc2cccnc12. The molecule has 0 fully saturated rings. The van der Waals surface area contributed by atoms with Crippen molar-refractivity contribution in [3.63, 3.8) is 0 Å². The summed E-state index contributed by atoms with van der Waals surface area (Å²) in [4.78, 5) is 29.1. The van der Waals surface area contributed by atoms with Crippen molar-refractivity contribution in [1.82, 2.24) is 4.98 Å². The van der Waals surface area contributed by atoms with Gasteiger partial charge in [-0.2, -0.15) is 0 Å². The molecular formula is C20H17ClN2O3. The summed E-state index contributed by atoms with van der Waals surface area (Å²) in [6.07, 6.45) is 0.636. The second-order valence-electron chi connectivity index (χ2n) is 5.83. The molecule has 0 bridgehead atoms. The van der Waals surface area contributed by atoms with Crippen molar-refractivity contribution in [2.45, 2.75) is 20.0 Å². The quantitative estimate of drug-likeness (QED) is 0.694. The highest BCUT2D eigenvalue weighted by Gasteiger charge is 2.21. The number of benzene rings is 2. The van der Waals surface area contributed by atoms with E-state index in [1.807, 2.05) is 12.1 Å². The third kappa shape index (κ3) is 3.68. The Labute approximate surface area is 156 Å². The number of ether oxygens (including phenoxy) is 1. The summed E-state index contributed by atoms with van der Waals surface area (Å²) < 4.78 is 5.32. The zero-order chi connectivity index (χ0) is 18.7. The normalized spacial score (nSPS) is 11.8. The van der Waals surface area contributed by atoms with Gasteiger partial charge >= 0.3 is 5.97 Å². The van der Waals surface area contributed by atoms with Gasteiger partial charge in [-0.05, 0) is 43.7 Å². The maximum atomic E-state index is 12.5. The minimum absolute atomic E-state index is 0.321. The Morgan fingerprint density at radius 1 is 1.12 bits per heavy atom. The summed E-state index contributed by atoms with van der Waals surface area (Å²) in [5, 5.41) is 4.11. The number of nitrogens with one attached hydrogen (secondary N) is 1. The third-order valence-corrected chi connectivity index (χ3v) is 4.44. The first-order valence-corrected chi connectivity index (χ1v) is 8.46. The summed E-state index contributed by atoms with van der Waals surface area (Å²) in [6, 6.07) is 14.1. The van der Waals surface area contributed by atoms with Crippen molar-refractivity contribution < 1.29 is 14.3 Å². The van der Waals surface area contributed by atoms with Crippen molar-refractivity contribution in [3.8, 4) is 0 Å². The van der Waals surface area contributed by atoms with Crippen LogP contribution in [0, 0.1) is 6.92 Å². The molecule has 1 N–H and O–H groups in total. The van der Waals surface area contributed by atoms with E-state index in [0.717, 1.165) is 10.9 Å². The van der Waals surface area contributed by atoms with Crippen LogP contribution in [0.1, 0.15) is 22.8 Å². The third-order valence-electron chi connectivity index (χ3n) is 4.03. The smallest absolute Gasteiger partial charge is 0.341 e. The lowest BCUT2D eigenvalue weighted by molar-refractivity contribution is -0.123. The number of esters is 1. The van der Waals surface area contributed by atoms with Crippen LogP contribution in [0.4, 0.5) is 5.69 Å². The van der Waals surface area contributed by atoms with Gasteiger partial charge in [0.15, 0.2) is 6.10 Å². The molecule has 1 heterocycles. The number of rotatable bonds is 4. The van der Waals surface area contributed by atoms with Crippen molar-refractivity contribution in [2.75, 3.05) is 5.32 Å². The van der Waals surface area contributed by atoms with E-state index in [0.29, 0.717) is 21.8 Å². The number of para-hydroxylation sites is 1. The van der Waals surface area contributed by atoms with Crippen LogP contribution in [0.3, 0.4) is 0 Å². The molecule has 0 spiro atoms. The van der Waals surface area contributed by atoms with Gasteiger partial charge in [-0.25, -0.2) is 4.79 Å². The summed E-state index contributed by atoms with van der Waals surface area (Å²) in [5.74, 6) is -1.03. The predicted octanol–water partition coefficient (Wildman–Crippen LogP) is 4.38. The van der Waals surface area contributed by atoms with Gasteiger partial charge in [-0.3, -0.25) is 9.78 Å². The fraction of sp³-hybridized carbons (Fsp3) is 0.150. The van der Waals surface area contributed by atoms with Crippen molar-refractivity contribution in [3.05, 3.63) is 70.9 Å². The molecule has 3 rings (SSSR count). The van der Waals surface area contributed by atoms with E-state index in [2.05, 4.69) is 10.3 Å². The Balaban J connectivity index is 1.74. The minimum Gasteiger partial charge on any atom is -0.449 e. The standard InChI is InChI=1S/C20H17ClN2O3/c1-12-16(21)9-4-10-17(12)23-19(24)13(2)26-20(25)15-8-3-6-14-7-5-11-22-18(14)15/h3-11,13H,1-2H3,(H,23,24)/t13-/m1/s1. The number of nitrogens with zero attached hydrogens (tertiary/aromatic N) is 1. The Morgan fingerprint density at radius 2 is 1.85 bits per heavy atom. The second kappa shape index (κ2) is 7.54. The second-order valence-corrected chi connectivity index (χ2v) is 6.24. The number of carbonyl (C=O) groups excluding carboxylic acids is 2. The predicted molar refractivity (Wildman–Crippen MR) is 101 cm³/mol. The first-order valence-electron chi connectivity index (χ1n) is 8.08. The van der Waals surface area contributed by atoms with Crippen LogP contribution in [0.25, 0.3) is 10.9 Å². The van der Waals surface area contributed by atoms with E-state index in [1.165, 1.54) is 6.92 Å². The molecule has 0 saturated carbocycles. The van der Waals surface area contributed by atoms with Crippen LogP contribution in [-0.2, 0) is 9.53 Å². The fourth-order valence-corrected chi connectivity index (χ4v) is 2.70. The Morgan fingerprint density at radius 3 is 2.65 bits per heavy atom. The summed E-state index contributed by atoms with van der Waals surface area (Å²) in [5.41, 5.74) is 2.19. The van der Waals surface area contributed by atoms with Crippen LogP contribution < -0.4 is 5.32 Å². The van der Waals surface area contributed by atoms with Gasteiger partial charge in [0.2, 0.25) is 0 Å². The molecule has 132 valence electrons. The van der Waals surface area contributed by atoms with Gasteiger partial charge in [-0.15, -0.1) is 0 Å². The van der Waals surface area contributed by atoms with Crippen LogP contribution in [-0.4, -0.2) is 23.0 Å². The molecule has 5 nitrogen and oxygen atoms in total. The Hall–Kier alpha value is -2.92. The van der Waals surface area contributed by atoms with Gasteiger partial charge in [0.1, 0.15) is 0 Å². The van der Waals surface area contributed by atoms with E-state index in [1.54, 1.807) is 49.5 Å². The number of aromatic nitrogens is 1. The molecule has 0 unspecified atom stereocenters. The number of fused-ring (bicyclic) bond motifs is 1. The number of halogens is 1. The number of amides is 1.